The Morgan fingerprint density at radius 2 is 2.12 bits per heavy atom. The summed E-state index contributed by atoms with van der Waals surface area (Å²) in [6, 6.07) is 3.25. The highest BCUT2D eigenvalue weighted by atomic mass is 19.2. The van der Waals surface area contributed by atoms with E-state index in [9.17, 15) is 13.6 Å². The van der Waals surface area contributed by atoms with Crippen LogP contribution >= 0.6 is 0 Å². The molecular weight excluding hydrogens is 216 g/mol. The molecule has 16 heavy (non-hydrogen) atoms. The molecule has 2 rings (SSSR count). The molecule has 0 spiro atoms. The molecule has 1 aliphatic heterocycles. The second-order valence-corrected chi connectivity index (χ2v) is 3.73. The molecule has 1 unspecified atom stereocenters. The Kier molecular flexibility index (Phi) is 2.87. The number of halogens is 2. The van der Waals surface area contributed by atoms with Crippen LogP contribution in [0.1, 0.15) is 6.92 Å². The van der Waals surface area contributed by atoms with Crippen LogP contribution in [0.2, 0.25) is 0 Å². The molecular formula is C11H11F2NO2. The van der Waals surface area contributed by atoms with Gasteiger partial charge in [0, 0.05) is 11.8 Å². The van der Waals surface area contributed by atoms with E-state index < -0.39 is 11.6 Å². The van der Waals surface area contributed by atoms with Crippen molar-refractivity contribution in [1.29, 1.82) is 0 Å². The van der Waals surface area contributed by atoms with E-state index >= 15 is 0 Å². The lowest BCUT2D eigenvalue weighted by Crippen LogP contribution is -2.48. The number of carbonyl (C=O) groups excluding carboxylic acids is 1. The quantitative estimate of drug-likeness (QED) is 0.731. The normalized spacial score (nSPS) is 21.3. The van der Waals surface area contributed by atoms with Crippen molar-refractivity contribution in [2.24, 2.45) is 0 Å². The number of amides is 1. The Morgan fingerprint density at radius 1 is 1.38 bits per heavy atom. The van der Waals surface area contributed by atoms with Crippen LogP contribution in [0, 0.1) is 11.6 Å². The Morgan fingerprint density at radius 3 is 2.75 bits per heavy atom. The Labute approximate surface area is 91.6 Å². The fourth-order valence-electron chi connectivity index (χ4n) is 1.74. The van der Waals surface area contributed by atoms with Crippen LogP contribution in [-0.4, -0.2) is 25.2 Å². The zero-order valence-electron chi connectivity index (χ0n) is 8.74. The molecule has 0 radical (unpaired) electrons. The van der Waals surface area contributed by atoms with Gasteiger partial charge in [-0.3, -0.25) is 4.79 Å². The standard InChI is InChI=1S/C11H11F2NO2/c1-7-5-16-6-11(15)14(7)8-2-3-9(12)10(13)4-8/h2-4,7H,5-6H2,1H3. The first kappa shape index (κ1) is 11.0. The highest BCUT2D eigenvalue weighted by Crippen LogP contribution is 2.22. The van der Waals surface area contributed by atoms with Crippen LogP contribution < -0.4 is 4.90 Å². The molecule has 3 nitrogen and oxygen atoms in total. The highest BCUT2D eigenvalue weighted by molar-refractivity contribution is 5.95. The molecule has 1 saturated heterocycles. The molecule has 1 amide bonds. The van der Waals surface area contributed by atoms with Gasteiger partial charge in [-0.25, -0.2) is 8.78 Å². The summed E-state index contributed by atoms with van der Waals surface area (Å²) < 4.78 is 30.8. The molecule has 1 heterocycles. The van der Waals surface area contributed by atoms with Gasteiger partial charge in [-0.15, -0.1) is 0 Å². The van der Waals surface area contributed by atoms with E-state index in [2.05, 4.69) is 0 Å². The number of anilines is 1. The van der Waals surface area contributed by atoms with Gasteiger partial charge in [0.15, 0.2) is 11.6 Å². The topological polar surface area (TPSA) is 29.5 Å². The number of hydrogen-bond acceptors (Lipinski definition) is 2. The van der Waals surface area contributed by atoms with Crippen LogP contribution in [0.4, 0.5) is 14.5 Å². The van der Waals surface area contributed by atoms with Gasteiger partial charge in [-0.05, 0) is 19.1 Å². The van der Waals surface area contributed by atoms with E-state index in [4.69, 9.17) is 4.74 Å². The van der Waals surface area contributed by atoms with E-state index in [1.54, 1.807) is 6.92 Å². The first-order chi connectivity index (χ1) is 7.59. The van der Waals surface area contributed by atoms with Crippen LogP contribution in [0.3, 0.4) is 0 Å². The lowest BCUT2D eigenvalue weighted by Gasteiger charge is -2.33. The second kappa shape index (κ2) is 4.17. The van der Waals surface area contributed by atoms with E-state index in [1.807, 2.05) is 0 Å². The van der Waals surface area contributed by atoms with E-state index in [1.165, 1.54) is 11.0 Å². The molecule has 0 bridgehead atoms. The molecule has 86 valence electrons. The third kappa shape index (κ3) is 1.90. The zero-order chi connectivity index (χ0) is 11.7. The summed E-state index contributed by atoms with van der Waals surface area (Å²) in [5.41, 5.74) is 0.361. The van der Waals surface area contributed by atoms with E-state index in [-0.39, 0.29) is 18.6 Å². The summed E-state index contributed by atoms with van der Waals surface area (Å²) in [6.45, 7) is 2.16. The lowest BCUT2D eigenvalue weighted by atomic mass is 10.2. The van der Waals surface area contributed by atoms with Gasteiger partial charge in [0.05, 0.1) is 12.6 Å². The number of morpholine rings is 1. The maximum atomic E-state index is 13.0. The third-order valence-corrected chi connectivity index (χ3v) is 2.48. The molecule has 1 aliphatic rings. The van der Waals surface area contributed by atoms with Crippen molar-refractivity contribution in [3.8, 4) is 0 Å². The summed E-state index contributed by atoms with van der Waals surface area (Å²) in [7, 11) is 0. The monoisotopic (exact) mass is 227 g/mol. The third-order valence-electron chi connectivity index (χ3n) is 2.48. The number of nitrogens with zero attached hydrogens (tertiary/aromatic N) is 1. The summed E-state index contributed by atoms with van der Waals surface area (Å²) in [5.74, 6) is -2.12. The predicted octanol–water partition coefficient (Wildman–Crippen LogP) is 1.72. The first-order valence-electron chi connectivity index (χ1n) is 4.94. The smallest absolute Gasteiger partial charge is 0.253 e. The van der Waals surface area contributed by atoms with Gasteiger partial charge in [-0.1, -0.05) is 0 Å². The molecule has 0 N–H and O–H groups in total. The minimum Gasteiger partial charge on any atom is -0.369 e. The summed E-state index contributed by atoms with van der Waals surface area (Å²) in [4.78, 5) is 13.0. The van der Waals surface area contributed by atoms with Crippen LogP contribution in [-0.2, 0) is 9.53 Å². The maximum absolute atomic E-state index is 13.0. The van der Waals surface area contributed by atoms with E-state index in [0.717, 1.165) is 12.1 Å². The zero-order valence-corrected chi connectivity index (χ0v) is 8.74. The minimum atomic E-state index is -0.955. The minimum absolute atomic E-state index is 0.0245. The maximum Gasteiger partial charge on any atom is 0.253 e. The van der Waals surface area contributed by atoms with Gasteiger partial charge < -0.3 is 9.64 Å². The number of carbonyl (C=O) groups is 1. The van der Waals surface area contributed by atoms with E-state index in [0.29, 0.717) is 12.3 Å². The fraction of sp³-hybridized carbons (Fsp3) is 0.364. The molecule has 1 fully saturated rings. The van der Waals surface area contributed by atoms with Gasteiger partial charge in [-0.2, -0.15) is 0 Å². The van der Waals surface area contributed by atoms with Gasteiger partial charge in [0.1, 0.15) is 6.61 Å². The van der Waals surface area contributed by atoms with Gasteiger partial charge >= 0.3 is 0 Å². The Balaban J connectivity index is 2.34. The molecule has 0 saturated carbocycles. The molecule has 1 atom stereocenters. The lowest BCUT2D eigenvalue weighted by molar-refractivity contribution is -0.127. The SMILES string of the molecule is CC1COCC(=O)N1c1ccc(F)c(F)c1. The Hall–Kier alpha value is -1.49. The van der Waals surface area contributed by atoms with Crippen molar-refractivity contribution in [3.05, 3.63) is 29.8 Å². The van der Waals surface area contributed by atoms with Crippen molar-refractivity contribution in [2.75, 3.05) is 18.1 Å². The summed E-state index contributed by atoms with van der Waals surface area (Å²) in [6.07, 6.45) is 0. The number of hydrogen-bond donors (Lipinski definition) is 0. The number of rotatable bonds is 1. The number of benzene rings is 1. The summed E-state index contributed by atoms with van der Waals surface area (Å²) >= 11 is 0. The van der Waals surface area contributed by atoms with Gasteiger partial charge in [0.2, 0.25) is 0 Å². The number of ether oxygens (including phenoxy) is 1. The molecule has 0 aliphatic carbocycles. The Bertz CT molecular complexity index is 422. The van der Waals surface area contributed by atoms with Crippen molar-refractivity contribution in [1.82, 2.24) is 0 Å². The van der Waals surface area contributed by atoms with Crippen LogP contribution in [0.15, 0.2) is 18.2 Å². The largest absolute Gasteiger partial charge is 0.369 e. The molecule has 0 aromatic heterocycles. The summed E-state index contributed by atoms with van der Waals surface area (Å²) in [5, 5.41) is 0. The van der Waals surface area contributed by atoms with Crippen molar-refractivity contribution in [2.45, 2.75) is 13.0 Å². The molecule has 1 aromatic carbocycles. The average Bonchev–Trinajstić information content (AvgIpc) is 2.23. The van der Waals surface area contributed by atoms with Crippen molar-refractivity contribution in [3.63, 3.8) is 0 Å². The van der Waals surface area contributed by atoms with Crippen molar-refractivity contribution < 1.29 is 18.3 Å². The average molecular weight is 227 g/mol. The van der Waals surface area contributed by atoms with Gasteiger partial charge in [0.25, 0.3) is 5.91 Å². The predicted molar refractivity (Wildman–Crippen MR) is 54.1 cm³/mol. The van der Waals surface area contributed by atoms with Crippen LogP contribution in [0.25, 0.3) is 0 Å². The highest BCUT2D eigenvalue weighted by Gasteiger charge is 2.27. The molecule has 5 heteroatoms. The molecule has 1 aromatic rings. The fourth-order valence-corrected chi connectivity index (χ4v) is 1.74. The van der Waals surface area contributed by atoms with Crippen molar-refractivity contribution >= 4 is 11.6 Å². The first-order valence-corrected chi connectivity index (χ1v) is 4.94. The second-order valence-electron chi connectivity index (χ2n) is 3.73. The van der Waals surface area contributed by atoms with Crippen LogP contribution in [0.5, 0.6) is 0 Å².